The van der Waals surface area contributed by atoms with Gasteiger partial charge in [0.25, 0.3) is 5.78 Å². The molecule has 2 aromatic heterocycles. The molecule has 3 heterocycles. The van der Waals surface area contributed by atoms with Crippen molar-refractivity contribution in [3.63, 3.8) is 0 Å². The summed E-state index contributed by atoms with van der Waals surface area (Å²) in [5.74, 6) is 2.03. The van der Waals surface area contributed by atoms with Crippen molar-refractivity contribution < 1.29 is 4.39 Å². The average Bonchev–Trinajstić information content (AvgIpc) is 3.21. The fraction of sp³-hybridized carbons (Fsp3) is 0.346. The van der Waals surface area contributed by atoms with E-state index < -0.39 is 0 Å². The Morgan fingerprint density at radius 2 is 1.74 bits per heavy atom. The molecule has 0 N–H and O–H groups in total. The predicted octanol–water partition coefficient (Wildman–Crippen LogP) is 5.01. The lowest BCUT2D eigenvalue weighted by Crippen LogP contribution is -2.47. The van der Waals surface area contributed by atoms with Crippen LogP contribution in [0.5, 0.6) is 0 Å². The Balaban J connectivity index is 1.46. The van der Waals surface area contributed by atoms with Gasteiger partial charge in [-0.2, -0.15) is 9.50 Å². The normalized spacial score (nSPS) is 14.3. The SMILES string of the molecule is CCc1c(C)nc2nc(Cc3cccc(F)c3)nn2c1N1CCN(c2cc(Cl)ccc2C)CC1. The molecule has 0 unspecified atom stereocenters. The summed E-state index contributed by atoms with van der Waals surface area (Å²) in [6.07, 6.45) is 1.32. The van der Waals surface area contributed by atoms with E-state index in [4.69, 9.17) is 21.7 Å². The summed E-state index contributed by atoms with van der Waals surface area (Å²) in [6, 6.07) is 12.6. The second-order valence-corrected chi connectivity index (χ2v) is 9.24. The minimum Gasteiger partial charge on any atom is -0.368 e. The van der Waals surface area contributed by atoms with E-state index in [1.54, 1.807) is 6.07 Å². The quantitative estimate of drug-likeness (QED) is 0.403. The first-order valence-corrected chi connectivity index (χ1v) is 12.1. The molecule has 34 heavy (non-hydrogen) atoms. The number of hydrogen-bond donors (Lipinski definition) is 0. The maximum Gasteiger partial charge on any atom is 0.254 e. The largest absolute Gasteiger partial charge is 0.368 e. The third kappa shape index (κ3) is 4.32. The molecule has 176 valence electrons. The van der Waals surface area contributed by atoms with Crippen LogP contribution in [0.3, 0.4) is 0 Å². The van der Waals surface area contributed by atoms with E-state index in [1.165, 1.54) is 28.9 Å². The molecule has 0 spiro atoms. The molecule has 1 fully saturated rings. The molecular formula is C26H28ClFN6. The number of anilines is 2. The molecular weight excluding hydrogens is 451 g/mol. The van der Waals surface area contributed by atoms with Gasteiger partial charge in [-0.1, -0.05) is 36.7 Å². The van der Waals surface area contributed by atoms with Gasteiger partial charge in [0.1, 0.15) is 11.6 Å². The number of aromatic nitrogens is 4. The summed E-state index contributed by atoms with van der Waals surface area (Å²) in [6.45, 7) is 9.80. The molecule has 0 amide bonds. The molecule has 4 aromatic rings. The highest BCUT2D eigenvalue weighted by Crippen LogP contribution is 2.29. The number of benzene rings is 2. The fourth-order valence-corrected chi connectivity index (χ4v) is 4.96. The first kappa shape index (κ1) is 22.6. The van der Waals surface area contributed by atoms with Gasteiger partial charge in [-0.3, -0.25) is 0 Å². The highest BCUT2D eigenvalue weighted by Gasteiger charge is 2.25. The van der Waals surface area contributed by atoms with Crippen molar-refractivity contribution in [1.82, 2.24) is 19.6 Å². The lowest BCUT2D eigenvalue weighted by atomic mass is 10.1. The first-order valence-electron chi connectivity index (χ1n) is 11.7. The van der Waals surface area contributed by atoms with Gasteiger partial charge in [0.2, 0.25) is 0 Å². The van der Waals surface area contributed by atoms with Gasteiger partial charge in [-0.05, 0) is 55.7 Å². The highest BCUT2D eigenvalue weighted by atomic mass is 35.5. The first-order chi connectivity index (χ1) is 16.4. The van der Waals surface area contributed by atoms with Gasteiger partial charge >= 0.3 is 0 Å². The van der Waals surface area contributed by atoms with Crippen LogP contribution >= 0.6 is 11.6 Å². The van der Waals surface area contributed by atoms with E-state index in [0.717, 1.165) is 54.7 Å². The van der Waals surface area contributed by atoms with Gasteiger partial charge in [0.15, 0.2) is 5.82 Å². The van der Waals surface area contributed by atoms with Crippen molar-refractivity contribution in [3.8, 4) is 0 Å². The zero-order chi connectivity index (χ0) is 23.8. The summed E-state index contributed by atoms with van der Waals surface area (Å²) in [5.41, 5.74) is 5.42. The van der Waals surface area contributed by atoms with Gasteiger partial charge in [-0.15, -0.1) is 5.10 Å². The van der Waals surface area contributed by atoms with Crippen LogP contribution in [0.2, 0.25) is 5.02 Å². The topological polar surface area (TPSA) is 49.6 Å². The summed E-state index contributed by atoms with van der Waals surface area (Å²) >= 11 is 6.27. The molecule has 2 aromatic carbocycles. The van der Waals surface area contributed by atoms with Crippen molar-refractivity contribution in [2.75, 3.05) is 36.0 Å². The molecule has 0 bridgehead atoms. The van der Waals surface area contributed by atoms with E-state index in [9.17, 15) is 4.39 Å². The van der Waals surface area contributed by atoms with Gasteiger partial charge in [-0.25, -0.2) is 9.37 Å². The van der Waals surface area contributed by atoms with Crippen LogP contribution in [-0.4, -0.2) is 45.8 Å². The second-order valence-electron chi connectivity index (χ2n) is 8.80. The van der Waals surface area contributed by atoms with Gasteiger partial charge in [0.05, 0.1) is 0 Å². The number of rotatable bonds is 5. The molecule has 0 aliphatic carbocycles. The van der Waals surface area contributed by atoms with E-state index in [1.807, 2.05) is 23.6 Å². The number of piperazine rings is 1. The van der Waals surface area contributed by atoms with Crippen molar-refractivity contribution in [2.45, 2.75) is 33.6 Å². The van der Waals surface area contributed by atoms with Crippen molar-refractivity contribution in [1.29, 1.82) is 0 Å². The molecule has 6 nitrogen and oxygen atoms in total. The Hall–Kier alpha value is -3.19. The van der Waals surface area contributed by atoms with Crippen molar-refractivity contribution >= 4 is 28.9 Å². The molecule has 0 saturated carbocycles. The summed E-state index contributed by atoms with van der Waals surface area (Å²) < 4.78 is 15.5. The number of nitrogens with zero attached hydrogens (tertiary/aromatic N) is 6. The van der Waals surface area contributed by atoms with Crippen LogP contribution in [0.25, 0.3) is 5.78 Å². The summed E-state index contributed by atoms with van der Waals surface area (Å²) in [7, 11) is 0. The minimum atomic E-state index is -0.253. The molecule has 0 radical (unpaired) electrons. The predicted molar refractivity (Wildman–Crippen MR) is 135 cm³/mol. The minimum absolute atomic E-state index is 0.253. The third-order valence-corrected chi connectivity index (χ3v) is 6.74. The molecule has 1 aliphatic heterocycles. The fourth-order valence-electron chi connectivity index (χ4n) is 4.79. The van der Waals surface area contributed by atoms with E-state index in [-0.39, 0.29) is 5.82 Å². The summed E-state index contributed by atoms with van der Waals surface area (Å²) in [5, 5.41) is 5.57. The zero-order valence-electron chi connectivity index (χ0n) is 19.7. The van der Waals surface area contributed by atoms with Gasteiger partial charge in [0, 0.05) is 54.6 Å². The number of aryl methyl sites for hydroxylation is 2. The molecule has 8 heteroatoms. The standard InChI is InChI=1S/C26H28ClFN6/c1-4-22-18(3)29-26-30-24(15-19-6-5-7-21(28)14-19)31-34(26)25(22)33-12-10-32(11-13-33)23-16-20(27)9-8-17(23)2/h5-9,14,16H,4,10-13,15H2,1-3H3. The van der Waals surface area contributed by atoms with Gasteiger partial charge < -0.3 is 9.80 Å². The second kappa shape index (κ2) is 9.22. The molecule has 1 saturated heterocycles. The average molecular weight is 479 g/mol. The Labute approximate surface area is 204 Å². The lowest BCUT2D eigenvalue weighted by Gasteiger charge is -2.38. The van der Waals surface area contributed by atoms with Crippen LogP contribution in [0, 0.1) is 19.7 Å². The van der Waals surface area contributed by atoms with Crippen molar-refractivity contribution in [3.05, 3.63) is 81.5 Å². The maximum absolute atomic E-state index is 13.7. The van der Waals surface area contributed by atoms with Crippen molar-refractivity contribution in [2.24, 2.45) is 0 Å². The molecule has 1 aliphatic rings. The smallest absolute Gasteiger partial charge is 0.254 e. The molecule has 0 atom stereocenters. The monoisotopic (exact) mass is 478 g/mol. The van der Waals surface area contributed by atoms with Crippen LogP contribution in [0.1, 0.15) is 35.1 Å². The zero-order valence-corrected chi connectivity index (χ0v) is 20.5. The number of fused-ring (bicyclic) bond motifs is 1. The Morgan fingerprint density at radius 3 is 2.47 bits per heavy atom. The van der Waals surface area contributed by atoms with E-state index in [0.29, 0.717) is 18.0 Å². The number of halogens is 2. The van der Waals surface area contributed by atoms with E-state index >= 15 is 0 Å². The van der Waals surface area contributed by atoms with Crippen LogP contribution in [0.15, 0.2) is 42.5 Å². The lowest BCUT2D eigenvalue weighted by molar-refractivity contribution is 0.625. The molecule has 5 rings (SSSR count). The van der Waals surface area contributed by atoms with Crippen LogP contribution in [0.4, 0.5) is 15.9 Å². The Morgan fingerprint density at radius 1 is 0.971 bits per heavy atom. The summed E-state index contributed by atoms with van der Waals surface area (Å²) in [4.78, 5) is 14.2. The Bertz CT molecular complexity index is 1340. The Kier molecular flexibility index (Phi) is 6.13. The van der Waals surface area contributed by atoms with Crippen LogP contribution in [-0.2, 0) is 12.8 Å². The maximum atomic E-state index is 13.7. The third-order valence-electron chi connectivity index (χ3n) is 6.50. The highest BCUT2D eigenvalue weighted by molar-refractivity contribution is 6.30. The number of hydrogen-bond acceptors (Lipinski definition) is 5. The van der Waals surface area contributed by atoms with Crippen LogP contribution < -0.4 is 9.80 Å². The van der Waals surface area contributed by atoms with E-state index in [2.05, 4.69) is 40.8 Å².